The van der Waals surface area contributed by atoms with Gasteiger partial charge in [-0.05, 0) is 37.5 Å². The van der Waals surface area contributed by atoms with Gasteiger partial charge < -0.3 is 10.1 Å². The van der Waals surface area contributed by atoms with E-state index in [-0.39, 0.29) is 5.41 Å². The van der Waals surface area contributed by atoms with Crippen molar-refractivity contribution in [2.24, 2.45) is 11.3 Å². The predicted octanol–water partition coefficient (Wildman–Crippen LogP) is 4.19. The van der Waals surface area contributed by atoms with Crippen molar-refractivity contribution < 1.29 is 4.74 Å². The minimum absolute atomic E-state index is 0.220. The van der Waals surface area contributed by atoms with E-state index in [0.717, 1.165) is 11.6 Å². The average molecular weight is 294 g/mol. The van der Waals surface area contributed by atoms with Gasteiger partial charge in [-0.2, -0.15) is 0 Å². The molecule has 0 bridgehead atoms. The molecule has 1 aliphatic heterocycles. The average Bonchev–Trinajstić information content (AvgIpc) is 2.44. The van der Waals surface area contributed by atoms with Gasteiger partial charge in [0.15, 0.2) is 0 Å². The summed E-state index contributed by atoms with van der Waals surface area (Å²) < 4.78 is 5.97. The lowest BCUT2D eigenvalue weighted by Crippen LogP contribution is -2.69. The fraction of sp³-hybridized carbons (Fsp3) is 0.647. The molecule has 4 atom stereocenters. The summed E-state index contributed by atoms with van der Waals surface area (Å²) in [4.78, 5) is 0. The molecule has 1 saturated carbocycles. The van der Waals surface area contributed by atoms with Crippen LogP contribution in [0.1, 0.15) is 45.2 Å². The van der Waals surface area contributed by atoms with Gasteiger partial charge in [0.25, 0.3) is 0 Å². The van der Waals surface area contributed by atoms with Gasteiger partial charge in [-0.25, -0.2) is 0 Å². The standard InChI is InChI=1S/C17H24ClNO/c1-11(12-6-4-7-13(18)10-12)19-15-14-8-5-9-20-16(14)17(15,2)3/h4,6-7,10-11,14-16,19H,5,8-9H2,1-3H3. The van der Waals surface area contributed by atoms with Crippen molar-refractivity contribution in [1.29, 1.82) is 0 Å². The van der Waals surface area contributed by atoms with Gasteiger partial charge in [-0.15, -0.1) is 0 Å². The van der Waals surface area contributed by atoms with Gasteiger partial charge in [0, 0.05) is 35.0 Å². The van der Waals surface area contributed by atoms with Crippen LogP contribution in [0.25, 0.3) is 0 Å². The van der Waals surface area contributed by atoms with Crippen molar-refractivity contribution in [3.05, 3.63) is 34.9 Å². The fourth-order valence-electron chi connectivity index (χ4n) is 4.00. The second kappa shape index (κ2) is 5.32. The number of nitrogens with one attached hydrogen (secondary N) is 1. The highest BCUT2D eigenvalue weighted by atomic mass is 35.5. The SMILES string of the molecule is CC(NC1C2CCCOC2C1(C)C)c1cccc(Cl)c1. The first-order valence-corrected chi connectivity index (χ1v) is 8.01. The molecule has 0 spiro atoms. The van der Waals surface area contributed by atoms with Crippen LogP contribution in [-0.2, 0) is 4.74 Å². The topological polar surface area (TPSA) is 21.3 Å². The Hall–Kier alpha value is -0.570. The van der Waals surface area contributed by atoms with E-state index in [1.807, 2.05) is 12.1 Å². The molecule has 20 heavy (non-hydrogen) atoms. The molecular formula is C17H24ClNO. The predicted molar refractivity (Wildman–Crippen MR) is 83.0 cm³/mol. The van der Waals surface area contributed by atoms with Gasteiger partial charge >= 0.3 is 0 Å². The third kappa shape index (κ3) is 2.38. The summed E-state index contributed by atoms with van der Waals surface area (Å²) in [6.45, 7) is 7.80. The fourth-order valence-corrected chi connectivity index (χ4v) is 4.20. The Balaban J connectivity index is 1.71. The molecule has 2 fully saturated rings. The molecule has 0 radical (unpaired) electrons. The molecule has 0 amide bonds. The van der Waals surface area contributed by atoms with Gasteiger partial charge in [0.2, 0.25) is 0 Å². The molecule has 1 aromatic carbocycles. The van der Waals surface area contributed by atoms with E-state index < -0.39 is 0 Å². The third-order valence-electron chi connectivity index (χ3n) is 5.11. The van der Waals surface area contributed by atoms with Gasteiger partial charge in [-0.3, -0.25) is 0 Å². The van der Waals surface area contributed by atoms with Crippen LogP contribution in [0.3, 0.4) is 0 Å². The summed E-state index contributed by atoms with van der Waals surface area (Å²) in [5, 5.41) is 4.62. The van der Waals surface area contributed by atoms with E-state index in [1.54, 1.807) is 0 Å². The van der Waals surface area contributed by atoms with Crippen LogP contribution >= 0.6 is 11.6 Å². The maximum Gasteiger partial charge on any atom is 0.0684 e. The molecule has 110 valence electrons. The first-order chi connectivity index (χ1) is 9.50. The Morgan fingerprint density at radius 1 is 1.40 bits per heavy atom. The Kier molecular flexibility index (Phi) is 3.83. The second-order valence-corrected chi connectivity index (χ2v) is 7.28. The monoisotopic (exact) mass is 293 g/mol. The summed E-state index contributed by atoms with van der Waals surface area (Å²) >= 11 is 6.09. The molecule has 1 heterocycles. The van der Waals surface area contributed by atoms with Crippen LogP contribution in [0.2, 0.25) is 5.02 Å². The number of rotatable bonds is 3. The van der Waals surface area contributed by atoms with E-state index in [9.17, 15) is 0 Å². The van der Waals surface area contributed by atoms with Crippen molar-refractivity contribution in [1.82, 2.24) is 5.32 Å². The lowest BCUT2D eigenvalue weighted by molar-refractivity contribution is -0.194. The molecule has 2 aliphatic rings. The first kappa shape index (κ1) is 14.4. The van der Waals surface area contributed by atoms with Crippen LogP contribution in [-0.4, -0.2) is 18.8 Å². The summed E-state index contributed by atoms with van der Waals surface area (Å²) in [6.07, 6.45) is 2.91. The second-order valence-electron chi connectivity index (χ2n) is 6.84. The van der Waals surface area contributed by atoms with Crippen molar-refractivity contribution in [3.63, 3.8) is 0 Å². The van der Waals surface area contributed by atoms with E-state index in [1.165, 1.54) is 18.4 Å². The number of ether oxygens (including phenoxy) is 1. The third-order valence-corrected chi connectivity index (χ3v) is 5.34. The molecule has 3 rings (SSSR count). The highest BCUT2D eigenvalue weighted by Gasteiger charge is 2.57. The Bertz CT molecular complexity index is 488. The first-order valence-electron chi connectivity index (χ1n) is 7.63. The van der Waals surface area contributed by atoms with Gasteiger partial charge in [-0.1, -0.05) is 37.6 Å². The molecule has 2 nitrogen and oxygen atoms in total. The normalized spacial score (nSPS) is 33.1. The zero-order valence-corrected chi connectivity index (χ0v) is 13.3. The summed E-state index contributed by atoms with van der Waals surface area (Å²) in [5.74, 6) is 0.667. The number of fused-ring (bicyclic) bond motifs is 1. The van der Waals surface area contributed by atoms with E-state index in [0.29, 0.717) is 24.1 Å². The largest absolute Gasteiger partial charge is 0.377 e. The lowest BCUT2D eigenvalue weighted by Gasteiger charge is -2.60. The molecule has 0 aromatic heterocycles. The van der Waals surface area contributed by atoms with Crippen LogP contribution in [0.5, 0.6) is 0 Å². The Labute approximate surface area is 126 Å². The van der Waals surface area contributed by atoms with Gasteiger partial charge in [0.1, 0.15) is 0 Å². The molecule has 3 heteroatoms. The van der Waals surface area contributed by atoms with Crippen LogP contribution in [0.4, 0.5) is 0 Å². The van der Waals surface area contributed by atoms with Crippen LogP contribution in [0, 0.1) is 11.3 Å². The highest BCUT2D eigenvalue weighted by Crippen LogP contribution is 2.51. The molecule has 1 saturated heterocycles. The minimum Gasteiger partial charge on any atom is -0.377 e. The number of hydrogen-bond acceptors (Lipinski definition) is 2. The maximum atomic E-state index is 6.09. The quantitative estimate of drug-likeness (QED) is 0.902. The smallest absolute Gasteiger partial charge is 0.0684 e. The van der Waals surface area contributed by atoms with E-state index in [4.69, 9.17) is 16.3 Å². The summed E-state index contributed by atoms with van der Waals surface area (Å²) in [7, 11) is 0. The molecule has 1 N–H and O–H groups in total. The molecule has 1 aromatic rings. The summed E-state index contributed by atoms with van der Waals surface area (Å²) in [6, 6.07) is 9.00. The Morgan fingerprint density at radius 2 is 2.20 bits per heavy atom. The Morgan fingerprint density at radius 3 is 2.95 bits per heavy atom. The minimum atomic E-state index is 0.220. The zero-order chi connectivity index (χ0) is 14.3. The number of halogens is 1. The van der Waals surface area contributed by atoms with Crippen molar-refractivity contribution >= 4 is 11.6 Å². The van der Waals surface area contributed by atoms with E-state index in [2.05, 4.69) is 38.2 Å². The lowest BCUT2D eigenvalue weighted by atomic mass is 9.55. The molecule has 4 unspecified atom stereocenters. The van der Waals surface area contributed by atoms with Crippen molar-refractivity contribution in [2.75, 3.05) is 6.61 Å². The number of benzene rings is 1. The highest BCUT2D eigenvalue weighted by molar-refractivity contribution is 6.30. The summed E-state index contributed by atoms with van der Waals surface area (Å²) in [5.41, 5.74) is 1.48. The maximum absolute atomic E-state index is 6.09. The van der Waals surface area contributed by atoms with Gasteiger partial charge in [0.05, 0.1) is 6.10 Å². The zero-order valence-electron chi connectivity index (χ0n) is 12.5. The van der Waals surface area contributed by atoms with Crippen molar-refractivity contribution in [3.8, 4) is 0 Å². The van der Waals surface area contributed by atoms with Crippen molar-refractivity contribution in [2.45, 2.75) is 51.8 Å². The molecule has 1 aliphatic carbocycles. The molecular weight excluding hydrogens is 270 g/mol. The van der Waals surface area contributed by atoms with E-state index >= 15 is 0 Å². The van der Waals surface area contributed by atoms with Crippen LogP contribution in [0.15, 0.2) is 24.3 Å². The number of hydrogen-bond donors (Lipinski definition) is 1. The van der Waals surface area contributed by atoms with Crippen LogP contribution < -0.4 is 5.32 Å².